The van der Waals surface area contributed by atoms with Gasteiger partial charge in [0.05, 0.1) is 12.9 Å². The standard InChI is InChI=1S/C23H25N3O3S/c1-16(2)14-22(28)25-18-6-4-17(5-7-18)21(27)15-30-23-24-12-13-26(23)19-8-10-20(29-3)11-9-19/h4-13,16H,14-15H2,1-3H3,(H,25,28). The third-order valence-corrected chi connectivity index (χ3v) is 5.34. The van der Waals surface area contributed by atoms with Crippen molar-refractivity contribution >= 4 is 29.1 Å². The number of thioether (sulfide) groups is 1. The molecule has 6 nitrogen and oxygen atoms in total. The summed E-state index contributed by atoms with van der Waals surface area (Å²) in [5.74, 6) is 1.33. The molecule has 1 aromatic heterocycles. The lowest BCUT2D eigenvalue weighted by Gasteiger charge is -2.09. The van der Waals surface area contributed by atoms with Gasteiger partial charge < -0.3 is 10.1 Å². The first-order valence-corrected chi connectivity index (χ1v) is 10.7. The molecule has 0 saturated heterocycles. The van der Waals surface area contributed by atoms with Crippen LogP contribution in [0.1, 0.15) is 30.6 Å². The predicted molar refractivity (Wildman–Crippen MR) is 120 cm³/mol. The molecule has 0 aliphatic rings. The van der Waals surface area contributed by atoms with Crippen molar-refractivity contribution in [3.63, 3.8) is 0 Å². The average Bonchev–Trinajstić information content (AvgIpc) is 3.20. The monoisotopic (exact) mass is 423 g/mol. The Bertz CT molecular complexity index is 995. The number of nitrogens with one attached hydrogen (secondary N) is 1. The number of anilines is 1. The second kappa shape index (κ2) is 10.1. The fourth-order valence-corrected chi connectivity index (χ4v) is 3.74. The summed E-state index contributed by atoms with van der Waals surface area (Å²) in [6.45, 7) is 4.00. The molecule has 7 heteroatoms. The van der Waals surface area contributed by atoms with E-state index in [0.29, 0.717) is 23.6 Å². The molecule has 1 amide bonds. The molecular weight excluding hydrogens is 398 g/mol. The minimum atomic E-state index is -0.0231. The summed E-state index contributed by atoms with van der Waals surface area (Å²) < 4.78 is 7.13. The highest BCUT2D eigenvalue weighted by atomic mass is 32.2. The van der Waals surface area contributed by atoms with Gasteiger partial charge in [-0.3, -0.25) is 14.2 Å². The number of Topliss-reactive ketones (excluding diaryl/α,β-unsaturated/α-hetero) is 1. The van der Waals surface area contributed by atoms with Crippen molar-refractivity contribution < 1.29 is 14.3 Å². The van der Waals surface area contributed by atoms with Gasteiger partial charge in [0.15, 0.2) is 10.9 Å². The molecule has 0 bridgehead atoms. The van der Waals surface area contributed by atoms with Gasteiger partial charge in [0.25, 0.3) is 0 Å². The summed E-state index contributed by atoms with van der Waals surface area (Å²) in [4.78, 5) is 28.8. The number of methoxy groups -OCH3 is 1. The zero-order valence-electron chi connectivity index (χ0n) is 17.3. The molecule has 0 saturated carbocycles. The van der Waals surface area contributed by atoms with Gasteiger partial charge in [-0.05, 0) is 54.4 Å². The summed E-state index contributed by atoms with van der Waals surface area (Å²) in [7, 11) is 1.63. The number of benzene rings is 2. The van der Waals surface area contributed by atoms with E-state index >= 15 is 0 Å². The zero-order chi connectivity index (χ0) is 21.5. The molecule has 0 unspecified atom stereocenters. The summed E-state index contributed by atoms with van der Waals surface area (Å²) >= 11 is 1.38. The van der Waals surface area contributed by atoms with E-state index in [1.54, 1.807) is 37.6 Å². The van der Waals surface area contributed by atoms with E-state index in [1.165, 1.54) is 11.8 Å². The van der Waals surface area contributed by atoms with Gasteiger partial charge in [0, 0.05) is 35.8 Å². The minimum absolute atomic E-state index is 0.00402. The van der Waals surface area contributed by atoms with Crippen LogP contribution < -0.4 is 10.1 Å². The number of ether oxygens (including phenoxy) is 1. The molecule has 0 spiro atoms. The maximum absolute atomic E-state index is 12.6. The second-order valence-electron chi connectivity index (χ2n) is 7.21. The van der Waals surface area contributed by atoms with Gasteiger partial charge in [-0.15, -0.1) is 0 Å². The third kappa shape index (κ3) is 5.73. The number of carbonyl (C=O) groups is 2. The van der Waals surface area contributed by atoms with E-state index in [2.05, 4.69) is 10.3 Å². The first kappa shape index (κ1) is 21.6. The summed E-state index contributed by atoms with van der Waals surface area (Å²) in [6.07, 6.45) is 4.05. The largest absolute Gasteiger partial charge is 0.497 e. The van der Waals surface area contributed by atoms with Gasteiger partial charge >= 0.3 is 0 Å². The molecule has 1 N–H and O–H groups in total. The molecule has 2 aromatic carbocycles. The van der Waals surface area contributed by atoms with Crippen LogP contribution in [0.15, 0.2) is 66.1 Å². The number of hydrogen-bond donors (Lipinski definition) is 1. The molecule has 0 fully saturated rings. The van der Waals surface area contributed by atoms with Crippen LogP contribution in [0.25, 0.3) is 5.69 Å². The van der Waals surface area contributed by atoms with Crippen molar-refractivity contribution in [2.75, 3.05) is 18.2 Å². The van der Waals surface area contributed by atoms with Crippen molar-refractivity contribution in [1.82, 2.24) is 9.55 Å². The molecule has 0 radical (unpaired) electrons. The van der Waals surface area contributed by atoms with Crippen molar-refractivity contribution in [2.45, 2.75) is 25.4 Å². The Labute approximate surface area is 180 Å². The lowest BCUT2D eigenvalue weighted by atomic mass is 10.1. The van der Waals surface area contributed by atoms with Crippen LogP contribution in [-0.4, -0.2) is 34.1 Å². The molecule has 30 heavy (non-hydrogen) atoms. The Hall–Kier alpha value is -3.06. The molecule has 1 heterocycles. The Morgan fingerprint density at radius 1 is 1.10 bits per heavy atom. The number of nitrogens with zero attached hydrogens (tertiary/aromatic N) is 2. The molecule has 0 aliphatic carbocycles. The average molecular weight is 424 g/mol. The molecule has 3 aromatic rings. The second-order valence-corrected chi connectivity index (χ2v) is 8.16. The summed E-state index contributed by atoms with van der Waals surface area (Å²) in [6, 6.07) is 14.7. The number of rotatable bonds is 9. The Balaban J connectivity index is 1.60. The fourth-order valence-electron chi connectivity index (χ4n) is 2.87. The van der Waals surface area contributed by atoms with Crippen LogP contribution in [0.2, 0.25) is 0 Å². The van der Waals surface area contributed by atoms with Crippen LogP contribution in [-0.2, 0) is 4.79 Å². The Morgan fingerprint density at radius 2 is 1.80 bits per heavy atom. The summed E-state index contributed by atoms with van der Waals surface area (Å²) in [5.41, 5.74) is 2.25. The molecule has 0 atom stereocenters. The van der Waals surface area contributed by atoms with E-state index in [1.807, 2.05) is 48.9 Å². The van der Waals surface area contributed by atoms with Gasteiger partial charge in [-0.2, -0.15) is 0 Å². The van der Waals surface area contributed by atoms with E-state index in [9.17, 15) is 9.59 Å². The van der Waals surface area contributed by atoms with Crippen molar-refractivity contribution in [3.05, 3.63) is 66.5 Å². The maximum Gasteiger partial charge on any atom is 0.224 e. The number of carbonyl (C=O) groups excluding carboxylic acids is 2. The molecule has 0 aliphatic heterocycles. The van der Waals surface area contributed by atoms with Crippen molar-refractivity contribution in [3.8, 4) is 11.4 Å². The number of aromatic nitrogens is 2. The number of ketones is 1. The number of imidazole rings is 1. The van der Waals surface area contributed by atoms with E-state index in [4.69, 9.17) is 4.74 Å². The topological polar surface area (TPSA) is 73.2 Å². The summed E-state index contributed by atoms with van der Waals surface area (Å²) in [5, 5.41) is 3.59. The van der Waals surface area contributed by atoms with Gasteiger partial charge in [-0.1, -0.05) is 25.6 Å². The Kier molecular flexibility index (Phi) is 7.30. The van der Waals surface area contributed by atoms with Gasteiger partial charge in [0.1, 0.15) is 5.75 Å². The third-order valence-electron chi connectivity index (χ3n) is 4.37. The molecule has 3 rings (SSSR count). The number of amides is 1. The Morgan fingerprint density at radius 3 is 2.43 bits per heavy atom. The lowest BCUT2D eigenvalue weighted by Crippen LogP contribution is -2.14. The highest BCUT2D eigenvalue weighted by Crippen LogP contribution is 2.23. The van der Waals surface area contributed by atoms with Crippen LogP contribution in [0, 0.1) is 5.92 Å². The normalized spacial score (nSPS) is 10.8. The predicted octanol–water partition coefficient (Wildman–Crippen LogP) is 4.84. The number of hydrogen-bond acceptors (Lipinski definition) is 5. The zero-order valence-corrected chi connectivity index (χ0v) is 18.1. The molecular formula is C23H25N3O3S. The van der Waals surface area contributed by atoms with Crippen LogP contribution in [0.3, 0.4) is 0 Å². The van der Waals surface area contributed by atoms with E-state index in [-0.39, 0.29) is 17.4 Å². The van der Waals surface area contributed by atoms with Crippen LogP contribution >= 0.6 is 11.8 Å². The lowest BCUT2D eigenvalue weighted by molar-refractivity contribution is -0.116. The minimum Gasteiger partial charge on any atom is -0.497 e. The molecule has 156 valence electrons. The first-order chi connectivity index (χ1) is 14.5. The van der Waals surface area contributed by atoms with Gasteiger partial charge in [0.2, 0.25) is 5.91 Å². The quantitative estimate of drug-likeness (QED) is 0.394. The first-order valence-electron chi connectivity index (χ1n) is 9.70. The highest BCUT2D eigenvalue weighted by Gasteiger charge is 2.12. The van der Waals surface area contributed by atoms with E-state index < -0.39 is 0 Å². The SMILES string of the molecule is COc1ccc(-n2ccnc2SCC(=O)c2ccc(NC(=O)CC(C)C)cc2)cc1. The van der Waals surface area contributed by atoms with Crippen LogP contribution in [0.4, 0.5) is 5.69 Å². The van der Waals surface area contributed by atoms with E-state index in [0.717, 1.165) is 16.6 Å². The van der Waals surface area contributed by atoms with Crippen molar-refractivity contribution in [1.29, 1.82) is 0 Å². The van der Waals surface area contributed by atoms with Crippen LogP contribution in [0.5, 0.6) is 5.75 Å². The van der Waals surface area contributed by atoms with Gasteiger partial charge in [-0.25, -0.2) is 4.98 Å². The van der Waals surface area contributed by atoms with Crippen molar-refractivity contribution in [2.24, 2.45) is 5.92 Å². The highest BCUT2D eigenvalue weighted by molar-refractivity contribution is 7.99. The maximum atomic E-state index is 12.6. The smallest absolute Gasteiger partial charge is 0.224 e. The fraction of sp³-hybridized carbons (Fsp3) is 0.261.